The standard InChI is InChI=1S/C11H21.Sb/c1-3-5-7-9-11-10-8-6-4-2;/h1,3H,4-11H2,2H3;. The van der Waals surface area contributed by atoms with Gasteiger partial charge in [-0.05, 0) is 0 Å². The third-order valence-corrected chi connectivity index (χ3v) is 2.68. The average Bonchev–Trinajstić information content (AvgIpc) is 2.10. The fraction of sp³-hybridized carbons (Fsp3) is 0.818. The van der Waals surface area contributed by atoms with Gasteiger partial charge in [-0.3, -0.25) is 0 Å². The predicted octanol–water partition coefficient (Wildman–Crippen LogP) is 3.81. The molecule has 0 aliphatic rings. The topological polar surface area (TPSA) is 0 Å². The monoisotopic (exact) mass is 274 g/mol. The van der Waals surface area contributed by atoms with Crippen LogP contribution < -0.4 is 0 Å². The summed E-state index contributed by atoms with van der Waals surface area (Å²) in [5.41, 5.74) is 0. The zero-order chi connectivity index (χ0) is 9.07. The van der Waals surface area contributed by atoms with E-state index in [2.05, 4.69) is 17.0 Å². The van der Waals surface area contributed by atoms with Gasteiger partial charge in [0.15, 0.2) is 0 Å². The van der Waals surface area contributed by atoms with Crippen molar-refractivity contribution in [3.8, 4) is 0 Å². The zero-order valence-corrected chi connectivity index (χ0v) is 10.8. The summed E-state index contributed by atoms with van der Waals surface area (Å²) in [4.78, 5) is 0. The number of unbranched alkanes of at least 4 members (excludes halogenated alkanes) is 7. The van der Waals surface area contributed by atoms with Crippen LogP contribution in [0.3, 0.4) is 0 Å². The second-order valence-electron chi connectivity index (χ2n) is 3.29. The van der Waals surface area contributed by atoms with Crippen LogP contribution in [0.1, 0.15) is 58.3 Å². The summed E-state index contributed by atoms with van der Waals surface area (Å²) >= 11 is 1.79. The van der Waals surface area contributed by atoms with E-state index in [0.29, 0.717) is 0 Å². The Labute approximate surface area is 91.3 Å². The van der Waals surface area contributed by atoms with Gasteiger partial charge in [-0.2, -0.15) is 0 Å². The molecule has 0 aliphatic heterocycles. The van der Waals surface area contributed by atoms with Gasteiger partial charge < -0.3 is 0 Å². The van der Waals surface area contributed by atoms with Gasteiger partial charge in [0.2, 0.25) is 0 Å². The molecule has 0 aromatic carbocycles. The second-order valence-corrected chi connectivity index (χ2v) is 4.15. The molecule has 0 rings (SSSR count). The molecule has 2 radical (unpaired) electrons. The van der Waals surface area contributed by atoms with Gasteiger partial charge in [-0.25, -0.2) is 0 Å². The molecule has 0 amide bonds. The Morgan fingerprint density at radius 1 is 0.917 bits per heavy atom. The molecule has 0 saturated carbocycles. The number of rotatable bonds is 8. The Balaban J connectivity index is 2.81. The van der Waals surface area contributed by atoms with Crippen molar-refractivity contribution in [1.82, 2.24) is 0 Å². The van der Waals surface area contributed by atoms with Crippen molar-refractivity contribution >= 4 is 23.0 Å². The molecule has 0 spiro atoms. The molecule has 0 atom stereocenters. The van der Waals surface area contributed by atoms with Crippen LogP contribution in [-0.4, -0.2) is 23.0 Å². The van der Waals surface area contributed by atoms with Crippen LogP contribution in [0.25, 0.3) is 0 Å². The number of hydrogen-bond acceptors (Lipinski definition) is 0. The maximum absolute atomic E-state index is 2.29. The van der Waals surface area contributed by atoms with E-state index in [0.717, 1.165) is 0 Å². The Morgan fingerprint density at radius 3 is 2.08 bits per heavy atom. The Kier molecular flexibility index (Phi) is 12.1. The summed E-state index contributed by atoms with van der Waals surface area (Å²) < 4.78 is 2.20. The van der Waals surface area contributed by atoms with E-state index in [1.807, 2.05) is 0 Å². The van der Waals surface area contributed by atoms with Crippen molar-refractivity contribution in [3.05, 3.63) is 10.1 Å². The Hall–Kier alpha value is 0.558. The molecule has 0 unspecified atom stereocenters. The van der Waals surface area contributed by atoms with Crippen molar-refractivity contribution in [2.24, 2.45) is 0 Å². The molecule has 12 heavy (non-hydrogen) atoms. The fourth-order valence-corrected chi connectivity index (χ4v) is 1.72. The van der Waals surface area contributed by atoms with E-state index < -0.39 is 0 Å². The molecule has 0 aromatic rings. The number of hydrogen-bond donors (Lipinski definition) is 0. The van der Waals surface area contributed by atoms with Gasteiger partial charge in [-0.15, -0.1) is 0 Å². The predicted molar refractivity (Wildman–Crippen MR) is 57.5 cm³/mol. The molecule has 1 heteroatoms. The van der Waals surface area contributed by atoms with E-state index in [4.69, 9.17) is 0 Å². The van der Waals surface area contributed by atoms with Crippen molar-refractivity contribution in [2.45, 2.75) is 58.3 Å². The van der Waals surface area contributed by atoms with Crippen LogP contribution in [0, 0.1) is 0 Å². The molecule has 0 aliphatic carbocycles. The van der Waals surface area contributed by atoms with Gasteiger partial charge in [0.25, 0.3) is 0 Å². The van der Waals surface area contributed by atoms with Crippen LogP contribution >= 0.6 is 0 Å². The first-order valence-electron chi connectivity index (χ1n) is 5.21. The van der Waals surface area contributed by atoms with Crippen molar-refractivity contribution < 1.29 is 0 Å². The summed E-state index contributed by atoms with van der Waals surface area (Å²) in [6.07, 6.45) is 13.5. The van der Waals surface area contributed by atoms with E-state index in [1.165, 1.54) is 51.4 Å². The minimum atomic E-state index is 1.29. The molecular weight excluding hydrogens is 254 g/mol. The zero-order valence-electron chi connectivity index (χ0n) is 8.26. The SMILES string of the molecule is CCCCCCCCC/C=[CH]/[Sb]. The first-order valence-corrected chi connectivity index (χ1v) is 6.68. The van der Waals surface area contributed by atoms with Gasteiger partial charge in [0.1, 0.15) is 0 Å². The minimum absolute atomic E-state index is 1.29. The van der Waals surface area contributed by atoms with Crippen molar-refractivity contribution in [1.29, 1.82) is 0 Å². The summed E-state index contributed by atoms with van der Waals surface area (Å²) in [6, 6.07) is 0. The third kappa shape index (κ3) is 10.6. The molecule has 0 fully saturated rings. The summed E-state index contributed by atoms with van der Waals surface area (Å²) in [6.45, 7) is 2.27. The summed E-state index contributed by atoms with van der Waals surface area (Å²) in [5.74, 6) is 0. The quantitative estimate of drug-likeness (QED) is 0.466. The van der Waals surface area contributed by atoms with Crippen molar-refractivity contribution in [2.75, 3.05) is 0 Å². The first kappa shape index (κ1) is 12.6. The summed E-state index contributed by atoms with van der Waals surface area (Å²) in [5, 5.41) is 0. The Morgan fingerprint density at radius 2 is 1.50 bits per heavy atom. The van der Waals surface area contributed by atoms with E-state index in [1.54, 1.807) is 23.0 Å². The molecule has 0 N–H and O–H groups in total. The first-order chi connectivity index (χ1) is 5.91. The second kappa shape index (κ2) is 11.6. The molecule has 0 nitrogen and oxygen atoms in total. The van der Waals surface area contributed by atoms with Gasteiger partial charge in [0, 0.05) is 0 Å². The van der Waals surface area contributed by atoms with Gasteiger partial charge in [-0.1, -0.05) is 0 Å². The van der Waals surface area contributed by atoms with E-state index in [-0.39, 0.29) is 0 Å². The van der Waals surface area contributed by atoms with Gasteiger partial charge in [0.05, 0.1) is 0 Å². The van der Waals surface area contributed by atoms with Crippen LogP contribution in [0.4, 0.5) is 0 Å². The summed E-state index contributed by atoms with van der Waals surface area (Å²) in [7, 11) is 0. The van der Waals surface area contributed by atoms with Crippen LogP contribution in [0.15, 0.2) is 10.1 Å². The van der Waals surface area contributed by atoms with Crippen LogP contribution in [0.5, 0.6) is 0 Å². The molecule has 0 heterocycles. The Bertz CT molecular complexity index is 97.2. The van der Waals surface area contributed by atoms with E-state index >= 15 is 0 Å². The molecule has 0 saturated heterocycles. The normalized spacial score (nSPS) is 11.2. The molecule has 0 aromatic heterocycles. The van der Waals surface area contributed by atoms with Crippen molar-refractivity contribution in [3.63, 3.8) is 0 Å². The fourth-order valence-electron chi connectivity index (χ4n) is 1.29. The molecule has 0 bridgehead atoms. The maximum atomic E-state index is 2.29. The van der Waals surface area contributed by atoms with Gasteiger partial charge >= 0.3 is 91.4 Å². The molecular formula is C11H21Sb. The average molecular weight is 275 g/mol. The third-order valence-electron chi connectivity index (χ3n) is 2.08. The van der Waals surface area contributed by atoms with E-state index in [9.17, 15) is 0 Å². The molecule has 70 valence electrons. The number of allylic oxidation sites excluding steroid dienone is 1. The van der Waals surface area contributed by atoms with Crippen LogP contribution in [0.2, 0.25) is 0 Å². The van der Waals surface area contributed by atoms with Crippen LogP contribution in [-0.2, 0) is 0 Å².